The van der Waals surface area contributed by atoms with E-state index >= 15 is 9.59 Å². The number of aliphatic carboxylic acids is 1. The summed E-state index contributed by atoms with van der Waals surface area (Å²) in [6.45, 7) is 5.99. The SMILES string of the molecule is CC(=O)N[C@@H](CCC(=O)O)C(=O)N[C@H](C(=O)N[C@H]1CCC(=O)NCCCC[C@@H](C(=O)N[C@H](C(=O)N[C@@H](Cc2ccc(O)cc2)C(=O)N[C@@H](CCC(N)=O)C(=O)N[C@@H](CCCNC(=N)N)C(=O)N[C@@H](CO)C(=O)N[C@@H](Cc2ccc(O)cc2)C(N)=O)C(C)C)NC(=O)[C@H](CCS(C)(=O)=O)NC(=O)[C@H](Cc2ccccc2)NC(=O)[C@H](CCCCN)NC1=O)C(C)C. The maximum atomic E-state index is 15.1. The standard InChI is InChI=1S/C80H120N20O23S/c1-43(2)65(100-74(116)54(88-45(5)102)30-33-64(107)108)78(120)94-56-29-32-63(106)86-36-13-11-18-52(90-72(114)57(34-38-124(6,122)123)93-75(117)59(40-46-15-8-7-9-16-46)96-68(110)51(89-71(56)113)17-10-12-35-81)73(115)99-66(44(3)4)79(121)97-60(41-48-22-26-50(104)27-23-48)76(118)92-55(28-31-62(82)105)70(112)91-53(19-14-37-87-80(84)85)69(111)98-61(42-101)77(119)95-58(67(83)109)39-47-20-24-49(103)25-21-47/h7-9,15-16,20-27,43-44,51-61,65-66,101,103-104H,10-14,17-19,28-42,81H2,1-6H3,(H2,82,105)(H2,83,109)(H,86,106)(H,88,102)(H,89,113)(H,90,114)(H,91,112)(H,92,118)(H,93,117)(H,94,120)(H,95,119)(H,96,110)(H,97,121)(H,98,111)(H,99,115)(H,100,116)(H,107,108)(H4,84,85,87)/t51-,52-,53-,54-,55-,56-,57-,58-,59-,60-,61-,65-,66-/m0/s1. The van der Waals surface area contributed by atoms with Gasteiger partial charge in [-0.15, -0.1) is 0 Å². The van der Waals surface area contributed by atoms with Crippen molar-refractivity contribution in [2.75, 3.05) is 38.2 Å². The van der Waals surface area contributed by atoms with Crippen LogP contribution >= 0.6 is 0 Å². The van der Waals surface area contributed by atoms with E-state index in [-0.39, 0.29) is 101 Å². The van der Waals surface area contributed by atoms with Crippen molar-refractivity contribution in [3.63, 3.8) is 0 Å². The second kappa shape index (κ2) is 52.7. The first kappa shape index (κ1) is 104. The average molecular weight is 1760 g/mol. The van der Waals surface area contributed by atoms with Gasteiger partial charge < -0.3 is 123 Å². The van der Waals surface area contributed by atoms with E-state index in [1.165, 1.54) is 76.2 Å². The molecule has 684 valence electrons. The number of phenols is 2. The van der Waals surface area contributed by atoms with Crippen molar-refractivity contribution in [2.45, 2.75) is 229 Å². The largest absolute Gasteiger partial charge is 0.508 e. The number of carboxylic acids is 1. The first-order valence-corrected chi connectivity index (χ1v) is 42.7. The van der Waals surface area contributed by atoms with Gasteiger partial charge in [-0.25, -0.2) is 8.42 Å². The Morgan fingerprint density at radius 2 is 1.02 bits per heavy atom. The quantitative estimate of drug-likeness (QED) is 0.0142. The van der Waals surface area contributed by atoms with E-state index in [1.54, 1.807) is 30.3 Å². The molecule has 0 bridgehead atoms. The minimum absolute atomic E-state index is 0.0259. The highest BCUT2D eigenvalue weighted by molar-refractivity contribution is 7.90. The monoisotopic (exact) mass is 1760 g/mol. The summed E-state index contributed by atoms with van der Waals surface area (Å²) in [6.07, 6.45) is -4.05. The molecule has 44 heteroatoms. The minimum atomic E-state index is -3.96. The highest BCUT2D eigenvalue weighted by atomic mass is 32.2. The Labute approximate surface area is 717 Å². The van der Waals surface area contributed by atoms with Crippen molar-refractivity contribution >= 4 is 116 Å². The summed E-state index contributed by atoms with van der Waals surface area (Å²) < 4.78 is 25.9. The van der Waals surface area contributed by atoms with Crippen LogP contribution in [0.15, 0.2) is 78.9 Å². The molecule has 1 saturated heterocycles. The molecule has 1 aliphatic heterocycles. The number of aliphatic hydroxyl groups excluding tert-OH is 1. The van der Waals surface area contributed by atoms with Crippen LogP contribution in [-0.4, -0.2) is 252 Å². The molecule has 28 N–H and O–H groups in total. The van der Waals surface area contributed by atoms with Gasteiger partial charge in [0.05, 0.1) is 12.4 Å². The Morgan fingerprint density at radius 3 is 1.57 bits per heavy atom. The number of carboxylic acid groups (broad SMARTS) is 1. The number of primary amides is 2. The molecule has 16 amide bonds. The van der Waals surface area contributed by atoms with Crippen LogP contribution in [0.5, 0.6) is 11.5 Å². The van der Waals surface area contributed by atoms with Crippen molar-refractivity contribution in [3.05, 3.63) is 95.6 Å². The minimum Gasteiger partial charge on any atom is -0.508 e. The molecule has 1 heterocycles. The third-order valence-corrected chi connectivity index (χ3v) is 20.7. The van der Waals surface area contributed by atoms with Gasteiger partial charge in [0, 0.05) is 64.8 Å². The molecule has 0 spiro atoms. The van der Waals surface area contributed by atoms with Gasteiger partial charge in [0.2, 0.25) is 94.5 Å². The highest BCUT2D eigenvalue weighted by Gasteiger charge is 2.40. The number of nitrogens with two attached hydrogens (primary N) is 4. The summed E-state index contributed by atoms with van der Waals surface area (Å²) in [4.78, 5) is 237. The molecule has 3 aromatic rings. The van der Waals surface area contributed by atoms with E-state index in [2.05, 4.69) is 79.8 Å². The van der Waals surface area contributed by atoms with Crippen LogP contribution in [0.4, 0.5) is 0 Å². The van der Waals surface area contributed by atoms with Gasteiger partial charge in [-0.05, 0) is 136 Å². The van der Waals surface area contributed by atoms with E-state index in [4.69, 9.17) is 28.3 Å². The lowest BCUT2D eigenvalue weighted by molar-refractivity contribution is -0.138. The van der Waals surface area contributed by atoms with Gasteiger partial charge in [0.25, 0.3) is 0 Å². The maximum absolute atomic E-state index is 15.1. The van der Waals surface area contributed by atoms with E-state index in [0.717, 1.165) is 13.2 Å². The number of aromatic hydroxyl groups is 2. The first-order chi connectivity index (χ1) is 58.5. The number of hydrogen-bond acceptors (Lipinski definition) is 24. The molecular formula is C80H120N20O23S. The Kier molecular flexibility index (Phi) is 44.0. The molecule has 3 aromatic carbocycles. The molecule has 43 nitrogen and oxygen atoms in total. The smallest absolute Gasteiger partial charge is 0.303 e. The van der Waals surface area contributed by atoms with Crippen LogP contribution in [0.1, 0.15) is 148 Å². The lowest BCUT2D eigenvalue weighted by atomic mass is 9.99. The maximum Gasteiger partial charge on any atom is 0.303 e. The molecule has 13 atom stereocenters. The van der Waals surface area contributed by atoms with Crippen molar-refractivity contribution in [1.82, 2.24) is 79.8 Å². The van der Waals surface area contributed by atoms with E-state index in [9.17, 15) is 101 Å². The topological polar surface area (TPSA) is 714 Å². The van der Waals surface area contributed by atoms with Crippen LogP contribution in [0, 0.1) is 17.2 Å². The van der Waals surface area contributed by atoms with E-state index in [0.29, 0.717) is 17.5 Å². The van der Waals surface area contributed by atoms with Gasteiger partial charge in [-0.2, -0.15) is 0 Å². The van der Waals surface area contributed by atoms with Crippen molar-refractivity contribution in [3.8, 4) is 11.5 Å². The molecule has 0 unspecified atom stereocenters. The molecule has 0 radical (unpaired) electrons. The molecule has 0 aromatic heterocycles. The number of phenolic OH excluding ortho intramolecular Hbond substituents is 2. The normalized spacial score (nSPS) is 18.3. The number of unbranched alkanes of at least 4 members (excludes halogenated alkanes) is 1. The van der Waals surface area contributed by atoms with Gasteiger partial charge in [0.15, 0.2) is 5.96 Å². The Hall–Kier alpha value is -12.6. The van der Waals surface area contributed by atoms with E-state index < -0.39 is 264 Å². The number of benzene rings is 3. The second-order valence-corrected chi connectivity index (χ2v) is 33.1. The molecular weight excluding hydrogens is 1640 g/mol. The van der Waals surface area contributed by atoms with Gasteiger partial charge in [-0.3, -0.25) is 86.9 Å². The fourth-order valence-electron chi connectivity index (χ4n) is 12.8. The summed E-state index contributed by atoms with van der Waals surface area (Å²) in [7, 11) is -3.96. The number of guanidine groups is 1. The zero-order valence-corrected chi connectivity index (χ0v) is 71.0. The summed E-state index contributed by atoms with van der Waals surface area (Å²) >= 11 is 0. The van der Waals surface area contributed by atoms with Gasteiger partial charge in [-0.1, -0.05) is 82.3 Å². The fourth-order valence-corrected chi connectivity index (χ4v) is 13.5. The van der Waals surface area contributed by atoms with Crippen LogP contribution < -0.4 is 103 Å². The Balaban J connectivity index is 1.78. The third kappa shape index (κ3) is 38.6. The lowest BCUT2D eigenvalue weighted by Gasteiger charge is -2.29. The molecule has 0 aliphatic carbocycles. The van der Waals surface area contributed by atoms with Crippen molar-refractivity contribution in [1.29, 1.82) is 5.41 Å². The predicted octanol–water partition coefficient (Wildman–Crippen LogP) is -5.72. The van der Waals surface area contributed by atoms with E-state index in [1.807, 2.05) is 0 Å². The number of hydrogen-bond donors (Lipinski definition) is 24. The van der Waals surface area contributed by atoms with Crippen molar-refractivity contribution in [2.24, 2.45) is 34.8 Å². The number of amides is 16. The zero-order chi connectivity index (χ0) is 92.5. The summed E-state index contributed by atoms with van der Waals surface area (Å²) in [5.74, 6) is -20.6. The third-order valence-electron chi connectivity index (χ3n) is 19.7. The number of sulfone groups is 1. The highest BCUT2D eigenvalue weighted by Crippen LogP contribution is 2.18. The number of carbonyl (C=O) groups excluding carboxylic acids is 16. The molecule has 1 aliphatic rings. The lowest BCUT2D eigenvalue weighted by Crippen LogP contribution is -2.62. The number of nitrogens with one attached hydrogen (secondary N) is 16. The Bertz CT molecular complexity index is 4300. The zero-order valence-electron chi connectivity index (χ0n) is 70.2. The number of carbonyl (C=O) groups is 17. The molecule has 124 heavy (non-hydrogen) atoms. The van der Waals surface area contributed by atoms with Gasteiger partial charge >= 0.3 is 5.97 Å². The Morgan fingerprint density at radius 1 is 0.532 bits per heavy atom. The second-order valence-electron chi connectivity index (χ2n) is 30.8. The van der Waals surface area contributed by atoms with Crippen molar-refractivity contribution < 1.29 is 110 Å². The van der Waals surface area contributed by atoms with Crippen LogP contribution in [0.25, 0.3) is 0 Å². The molecule has 4 rings (SSSR count). The van der Waals surface area contributed by atoms with Crippen LogP contribution in [-0.2, 0) is 111 Å². The molecule has 1 fully saturated rings. The first-order valence-electron chi connectivity index (χ1n) is 40.6. The molecule has 0 saturated carbocycles. The summed E-state index contributed by atoms with van der Waals surface area (Å²) in [5.41, 5.74) is 23.6. The summed E-state index contributed by atoms with van der Waals surface area (Å²) in [6, 6.07) is -2.34. The number of rotatable bonds is 44. The summed E-state index contributed by atoms with van der Waals surface area (Å²) in [5, 5.41) is 85.3. The predicted molar refractivity (Wildman–Crippen MR) is 448 cm³/mol. The average Bonchev–Trinajstić information content (AvgIpc) is 0.887. The van der Waals surface area contributed by atoms with Crippen LogP contribution in [0.3, 0.4) is 0 Å². The van der Waals surface area contributed by atoms with Crippen LogP contribution in [0.2, 0.25) is 0 Å². The number of aliphatic hydroxyl groups is 1. The fraction of sp³-hybridized carbons (Fsp3) is 0.550. The van der Waals surface area contributed by atoms with Gasteiger partial charge in [0.1, 0.15) is 99.9 Å².